The molecule has 7 nitrogen and oxygen atoms in total. The third-order valence-electron chi connectivity index (χ3n) is 4.69. The number of methoxy groups -OCH3 is 1. The van der Waals surface area contributed by atoms with Crippen molar-refractivity contribution in [3.63, 3.8) is 0 Å². The molecule has 2 aromatic carbocycles. The number of ether oxygens (including phenoxy) is 3. The Morgan fingerprint density at radius 3 is 2.38 bits per heavy atom. The van der Waals surface area contributed by atoms with Gasteiger partial charge < -0.3 is 25.3 Å². The van der Waals surface area contributed by atoms with Crippen LogP contribution in [0.3, 0.4) is 0 Å². The van der Waals surface area contributed by atoms with E-state index in [4.69, 9.17) is 19.9 Å². The summed E-state index contributed by atoms with van der Waals surface area (Å²) in [7, 11) is 1.55. The Labute approximate surface area is 190 Å². The molecule has 174 valence electrons. The van der Waals surface area contributed by atoms with Crippen LogP contribution in [0.4, 0.5) is 0 Å². The van der Waals surface area contributed by atoms with E-state index in [0.29, 0.717) is 31.1 Å². The Bertz CT molecular complexity index is 878. The van der Waals surface area contributed by atoms with Crippen LogP contribution in [0.5, 0.6) is 11.5 Å². The van der Waals surface area contributed by atoms with Gasteiger partial charge in [-0.1, -0.05) is 36.4 Å². The summed E-state index contributed by atoms with van der Waals surface area (Å²) in [6.07, 6.45) is 0.714. The third-order valence-corrected chi connectivity index (χ3v) is 4.69. The summed E-state index contributed by atoms with van der Waals surface area (Å²) in [5.41, 5.74) is 6.71. The fraction of sp³-hybridized carbons (Fsp3) is 0.440. The van der Waals surface area contributed by atoms with Crippen molar-refractivity contribution in [2.75, 3.05) is 26.9 Å². The lowest BCUT2D eigenvalue weighted by molar-refractivity contribution is -0.154. The normalized spacial score (nSPS) is 12.0. The number of hydrogen-bond donors (Lipinski definition) is 2. The van der Waals surface area contributed by atoms with Gasteiger partial charge in [-0.2, -0.15) is 0 Å². The molecule has 0 saturated carbocycles. The first-order valence-corrected chi connectivity index (χ1v) is 10.7. The molecule has 3 N–H and O–H groups in total. The number of rotatable bonds is 11. The van der Waals surface area contributed by atoms with Gasteiger partial charge in [-0.15, -0.1) is 0 Å². The van der Waals surface area contributed by atoms with Crippen molar-refractivity contribution in [1.29, 1.82) is 0 Å². The second-order valence-electron chi connectivity index (χ2n) is 8.60. The minimum atomic E-state index is -0.606. The van der Waals surface area contributed by atoms with Crippen LogP contribution >= 0.6 is 0 Å². The molecule has 0 saturated heterocycles. The number of nitrogens with two attached hydrogens (primary N) is 1. The van der Waals surface area contributed by atoms with Crippen molar-refractivity contribution in [2.45, 2.75) is 39.7 Å². The highest BCUT2D eigenvalue weighted by molar-refractivity contribution is 5.79. The first kappa shape index (κ1) is 25.2. The molecular formula is C25H34N2O5. The van der Waals surface area contributed by atoms with Gasteiger partial charge in [0.25, 0.3) is 0 Å². The van der Waals surface area contributed by atoms with Gasteiger partial charge in [0.1, 0.15) is 13.2 Å². The van der Waals surface area contributed by atoms with Crippen LogP contribution in [0.15, 0.2) is 48.5 Å². The lowest BCUT2D eigenvalue weighted by Gasteiger charge is -2.22. The van der Waals surface area contributed by atoms with Gasteiger partial charge in [0.05, 0.1) is 25.0 Å². The van der Waals surface area contributed by atoms with Gasteiger partial charge in [-0.25, -0.2) is 0 Å². The maximum Gasteiger partial charge on any atom is 0.311 e. The van der Waals surface area contributed by atoms with Crippen LogP contribution < -0.4 is 20.5 Å². The number of esters is 1. The SMILES string of the molecule is COc1cc(CC(=O)N[C@H](COC(=O)C(C)(C)C)Cc2ccccc2)ccc1OCCN. The molecule has 0 radical (unpaired) electrons. The summed E-state index contributed by atoms with van der Waals surface area (Å²) < 4.78 is 16.4. The topological polar surface area (TPSA) is 99.9 Å². The second kappa shape index (κ2) is 12.1. The molecule has 0 aliphatic rings. The summed E-state index contributed by atoms with van der Waals surface area (Å²) in [5.74, 6) is 0.653. The van der Waals surface area contributed by atoms with Crippen LogP contribution in [0.1, 0.15) is 31.9 Å². The van der Waals surface area contributed by atoms with Crippen molar-refractivity contribution < 1.29 is 23.8 Å². The Balaban J connectivity index is 2.05. The van der Waals surface area contributed by atoms with Crippen LogP contribution in [0, 0.1) is 5.41 Å². The van der Waals surface area contributed by atoms with Gasteiger partial charge in [0, 0.05) is 6.54 Å². The largest absolute Gasteiger partial charge is 0.493 e. The molecule has 0 bridgehead atoms. The first-order valence-electron chi connectivity index (χ1n) is 10.7. The van der Waals surface area contributed by atoms with Crippen LogP contribution in [-0.2, 0) is 27.2 Å². The van der Waals surface area contributed by atoms with Crippen molar-refractivity contribution in [3.8, 4) is 11.5 Å². The Morgan fingerprint density at radius 1 is 1.03 bits per heavy atom. The van der Waals surface area contributed by atoms with Crippen molar-refractivity contribution in [1.82, 2.24) is 5.32 Å². The fourth-order valence-corrected chi connectivity index (χ4v) is 3.02. The van der Waals surface area contributed by atoms with E-state index in [-0.39, 0.29) is 30.9 Å². The molecule has 2 aromatic rings. The van der Waals surface area contributed by atoms with Gasteiger partial charge in [-0.3, -0.25) is 9.59 Å². The molecule has 32 heavy (non-hydrogen) atoms. The minimum Gasteiger partial charge on any atom is -0.493 e. The number of carbonyl (C=O) groups excluding carboxylic acids is 2. The average Bonchev–Trinajstić information content (AvgIpc) is 2.76. The molecule has 0 aliphatic carbocycles. The van der Waals surface area contributed by atoms with Crippen molar-refractivity contribution in [2.24, 2.45) is 11.1 Å². The molecule has 0 unspecified atom stereocenters. The van der Waals surface area contributed by atoms with E-state index in [1.165, 1.54) is 0 Å². The number of nitrogens with one attached hydrogen (secondary N) is 1. The molecule has 2 rings (SSSR count). The van der Waals surface area contributed by atoms with Gasteiger partial charge in [0.2, 0.25) is 5.91 Å². The van der Waals surface area contributed by atoms with E-state index in [9.17, 15) is 9.59 Å². The number of amides is 1. The molecule has 7 heteroatoms. The standard InChI is InChI=1S/C25H34N2O5/c1-25(2,3)24(29)32-17-20(14-18-8-6-5-7-9-18)27-23(28)16-19-10-11-21(31-13-12-26)22(15-19)30-4/h5-11,15,20H,12-14,16-17,26H2,1-4H3,(H,27,28)/t20-/m0/s1. The maximum absolute atomic E-state index is 12.8. The quantitative estimate of drug-likeness (QED) is 0.519. The predicted molar refractivity (Wildman–Crippen MR) is 124 cm³/mol. The van der Waals surface area contributed by atoms with E-state index < -0.39 is 5.41 Å². The zero-order chi connectivity index (χ0) is 23.6. The molecule has 0 heterocycles. The molecule has 0 aliphatic heterocycles. The molecule has 1 amide bonds. The number of benzene rings is 2. The fourth-order valence-electron chi connectivity index (χ4n) is 3.02. The third kappa shape index (κ3) is 8.23. The van der Waals surface area contributed by atoms with E-state index >= 15 is 0 Å². The molecule has 0 fully saturated rings. The van der Waals surface area contributed by atoms with Crippen LogP contribution in [0.2, 0.25) is 0 Å². The molecule has 1 atom stereocenters. The zero-order valence-corrected chi connectivity index (χ0v) is 19.4. The van der Waals surface area contributed by atoms with E-state index in [0.717, 1.165) is 11.1 Å². The van der Waals surface area contributed by atoms with Crippen molar-refractivity contribution in [3.05, 3.63) is 59.7 Å². The van der Waals surface area contributed by atoms with Gasteiger partial charge in [-0.05, 0) is 50.5 Å². The second-order valence-corrected chi connectivity index (χ2v) is 8.60. The van der Waals surface area contributed by atoms with E-state index in [2.05, 4.69) is 5.32 Å². The van der Waals surface area contributed by atoms with Crippen molar-refractivity contribution >= 4 is 11.9 Å². The monoisotopic (exact) mass is 442 g/mol. The lowest BCUT2D eigenvalue weighted by atomic mass is 9.97. The highest BCUT2D eigenvalue weighted by Gasteiger charge is 2.25. The number of hydrogen-bond acceptors (Lipinski definition) is 6. The highest BCUT2D eigenvalue weighted by Crippen LogP contribution is 2.28. The summed E-state index contributed by atoms with van der Waals surface area (Å²) in [6.45, 7) is 6.28. The first-order chi connectivity index (χ1) is 15.2. The zero-order valence-electron chi connectivity index (χ0n) is 19.4. The molecule has 0 aromatic heterocycles. The maximum atomic E-state index is 12.8. The lowest BCUT2D eigenvalue weighted by Crippen LogP contribution is -2.42. The summed E-state index contributed by atoms with van der Waals surface area (Å²) >= 11 is 0. The van der Waals surface area contributed by atoms with Crippen LogP contribution in [0.25, 0.3) is 0 Å². The number of carbonyl (C=O) groups is 2. The average molecular weight is 443 g/mol. The highest BCUT2D eigenvalue weighted by atomic mass is 16.5. The Hall–Kier alpha value is -3.06. The van der Waals surface area contributed by atoms with E-state index in [1.54, 1.807) is 40.0 Å². The smallest absolute Gasteiger partial charge is 0.311 e. The summed E-state index contributed by atoms with van der Waals surface area (Å²) in [4.78, 5) is 25.0. The summed E-state index contributed by atoms with van der Waals surface area (Å²) in [6, 6.07) is 14.8. The Kier molecular flexibility index (Phi) is 9.53. The Morgan fingerprint density at radius 2 is 1.75 bits per heavy atom. The van der Waals surface area contributed by atoms with Gasteiger partial charge >= 0.3 is 5.97 Å². The minimum absolute atomic E-state index is 0.103. The molecule has 0 spiro atoms. The van der Waals surface area contributed by atoms with Gasteiger partial charge in [0.15, 0.2) is 11.5 Å². The van der Waals surface area contributed by atoms with E-state index in [1.807, 2.05) is 36.4 Å². The molecular weight excluding hydrogens is 408 g/mol. The summed E-state index contributed by atoms with van der Waals surface area (Å²) in [5, 5.41) is 3.00. The van der Waals surface area contributed by atoms with Crippen LogP contribution in [-0.4, -0.2) is 44.8 Å². The predicted octanol–water partition coefficient (Wildman–Crippen LogP) is 2.89.